The molecule has 0 aliphatic carbocycles. The Balaban J connectivity index is 1.38. The van der Waals surface area contributed by atoms with Crippen LogP contribution in [0.25, 0.3) is 10.1 Å². The molecule has 1 unspecified atom stereocenters. The van der Waals surface area contributed by atoms with Gasteiger partial charge in [0.2, 0.25) is 5.91 Å². The second kappa shape index (κ2) is 10.6. The zero-order valence-electron chi connectivity index (χ0n) is 18.1. The highest BCUT2D eigenvalue weighted by Gasteiger charge is 2.23. The Labute approximate surface area is 196 Å². The molecule has 3 N–H and O–H groups in total. The topological polar surface area (TPSA) is 92.3 Å². The van der Waals surface area contributed by atoms with Crippen LogP contribution < -0.4 is 20.7 Å². The van der Waals surface area contributed by atoms with Gasteiger partial charge in [-0.1, -0.05) is 42.5 Å². The van der Waals surface area contributed by atoms with E-state index in [4.69, 9.17) is 4.74 Å². The predicted molar refractivity (Wildman–Crippen MR) is 131 cm³/mol. The van der Waals surface area contributed by atoms with Crippen LogP contribution in [0.2, 0.25) is 0 Å². The number of hydrogen-bond donors (Lipinski definition) is 3. The van der Waals surface area contributed by atoms with Gasteiger partial charge < -0.3 is 20.7 Å². The normalized spacial score (nSPS) is 11.5. The van der Waals surface area contributed by atoms with Crippen molar-refractivity contribution in [2.24, 2.45) is 0 Å². The number of amides is 2. The Hall–Kier alpha value is -3.91. The largest absolute Gasteiger partial charge is 0.497 e. The summed E-state index contributed by atoms with van der Waals surface area (Å²) in [5.74, 6) is 0.836. The molecule has 0 fully saturated rings. The van der Waals surface area contributed by atoms with Crippen molar-refractivity contribution in [2.45, 2.75) is 6.04 Å². The summed E-state index contributed by atoms with van der Waals surface area (Å²) < 4.78 is 10.7. The van der Waals surface area contributed by atoms with Crippen LogP contribution in [0.4, 0.5) is 5.82 Å². The molecule has 1 aromatic heterocycles. The van der Waals surface area contributed by atoms with Crippen molar-refractivity contribution < 1.29 is 14.3 Å². The van der Waals surface area contributed by atoms with Crippen molar-refractivity contribution in [3.8, 4) is 5.75 Å². The van der Waals surface area contributed by atoms with Gasteiger partial charge in [-0.2, -0.15) is 4.37 Å². The number of nitrogens with zero attached hydrogens (tertiary/aromatic N) is 1. The number of carbonyl (C=O) groups is 2. The average Bonchev–Trinajstić information content (AvgIpc) is 3.28. The van der Waals surface area contributed by atoms with Crippen LogP contribution >= 0.6 is 11.5 Å². The number of ether oxygens (including phenoxy) is 1. The van der Waals surface area contributed by atoms with Crippen LogP contribution in [0.15, 0.2) is 78.9 Å². The summed E-state index contributed by atoms with van der Waals surface area (Å²) in [6.07, 6.45) is 0. The lowest BCUT2D eigenvalue weighted by molar-refractivity contribution is -0.123. The molecule has 2 amide bonds. The molecule has 0 bridgehead atoms. The zero-order valence-corrected chi connectivity index (χ0v) is 18.9. The SMILES string of the molecule is COc1ccc(C(=O)NC(C(=O)NCCNc2nsc3ccccc23)c2ccccc2)cc1. The third-order valence-electron chi connectivity index (χ3n) is 5.12. The summed E-state index contributed by atoms with van der Waals surface area (Å²) in [5.41, 5.74) is 1.15. The number of methoxy groups -OCH3 is 1. The molecule has 7 nitrogen and oxygen atoms in total. The van der Waals surface area contributed by atoms with Crippen LogP contribution in [0, 0.1) is 0 Å². The number of carbonyl (C=O) groups excluding carboxylic acids is 2. The van der Waals surface area contributed by atoms with Crippen LogP contribution in [0.5, 0.6) is 5.75 Å². The fraction of sp³-hybridized carbons (Fsp3) is 0.160. The first-order valence-electron chi connectivity index (χ1n) is 10.5. The Morgan fingerprint density at radius 3 is 2.42 bits per heavy atom. The molecule has 3 aromatic carbocycles. The van der Waals surface area contributed by atoms with Gasteiger partial charge in [0.25, 0.3) is 5.91 Å². The Morgan fingerprint density at radius 2 is 1.67 bits per heavy atom. The van der Waals surface area contributed by atoms with Gasteiger partial charge in [0, 0.05) is 24.0 Å². The van der Waals surface area contributed by atoms with Crippen LogP contribution in [-0.4, -0.2) is 36.4 Å². The quantitative estimate of drug-likeness (QED) is 0.328. The van der Waals surface area contributed by atoms with Crippen molar-refractivity contribution in [1.82, 2.24) is 15.0 Å². The van der Waals surface area contributed by atoms with E-state index in [0.29, 0.717) is 30.0 Å². The Kier molecular flexibility index (Phi) is 7.16. The molecular formula is C25H24N4O3S. The lowest BCUT2D eigenvalue weighted by atomic mass is 10.1. The van der Waals surface area contributed by atoms with Gasteiger partial charge in [-0.15, -0.1) is 0 Å². The van der Waals surface area contributed by atoms with E-state index >= 15 is 0 Å². The van der Waals surface area contributed by atoms with Crippen LogP contribution in [-0.2, 0) is 4.79 Å². The maximum atomic E-state index is 13.0. The number of nitrogens with one attached hydrogen (secondary N) is 3. The van der Waals surface area contributed by atoms with Crippen molar-refractivity contribution in [3.63, 3.8) is 0 Å². The summed E-state index contributed by atoms with van der Waals surface area (Å²) >= 11 is 1.43. The fourth-order valence-corrected chi connectivity index (χ4v) is 4.14. The highest BCUT2D eigenvalue weighted by molar-refractivity contribution is 7.13. The number of rotatable bonds is 9. The third-order valence-corrected chi connectivity index (χ3v) is 5.94. The molecule has 1 atom stereocenters. The van der Waals surface area contributed by atoms with Crippen molar-refractivity contribution in [2.75, 3.05) is 25.5 Å². The van der Waals surface area contributed by atoms with E-state index in [1.807, 2.05) is 54.6 Å². The van der Waals surface area contributed by atoms with Gasteiger partial charge in [-0.25, -0.2) is 0 Å². The maximum Gasteiger partial charge on any atom is 0.252 e. The smallest absolute Gasteiger partial charge is 0.252 e. The van der Waals surface area contributed by atoms with E-state index in [1.54, 1.807) is 31.4 Å². The number of aromatic nitrogens is 1. The van der Waals surface area contributed by atoms with Crippen molar-refractivity contribution >= 4 is 39.3 Å². The second-order valence-electron chi connectivity index (χ2n) is 7.29. The standard InChI is InChI=1S/C25H24N4O3S/c1-32-19-13-11-18(12-14-19)24(30)28-22(17-7-3-2-4-8-17)25(31)27-16-15-26-23-20-9-5-6-10-21(20)33-29-23/h2-14,22H,15-16H2,1H3,(H,26,29)(H,27,31)(H,28,30). The van der Waals surface area contributed by atoms with Gasteiger partial charge in [0.15, 0.2) is 0 Å². The lowest BCUT2D eigenvalue weighted by Crippen LogP contribution is -2.41. The van der Waals surface area contributed by atoms with Gasteiger partial charge in [-0.05, 0) is 53.5 Å². The highest BCUT2D eigenvalue weighted by Crippen LogP contribution is 2.25. The number of fused-ring (bicyclic) bond motifs is 1. The molecule has 33 heavy (non-hydrogen) atoms. The van der Waals surface area contributed by atoms with Gasteiger partial charge in [0.05, 0.1) is 11.8 Å². The molecule has 0 aliphatic heterocycles. The number of anilines is 1. The van der Waals surface area contributed by atoms with E-state index in [-0.39, 0.29) is 11.8 Å². The monoisotopic (exact) mass is 460 g/mol. The first-order valence-corrected chi connectivity index (χ1v) is 11.3. The second-order valence-corrected chi connectivity index (χ2v) is 8.10. The number of benzene rings is 3. The molecule has 8 heteroatoms. The minimum atomic E-state index is -0.819. The molecule has 4 aromatic rings. The fourth-order valence-electron chi connectivity index (χ4n) is 3.38. The summed E-state index contributed by atoms with van der Waals surface area (Å²) in [5, 5.41) is 10.1. The predicted octanol–water partition coefficient (Wildman–Crippen LogP) is 4.00. The van der Waals surface area contributed by atoms with E-state index < -0.39 is 6.04 Å². The third kappa shape index (κ3) is 5.48. The van der Waals surface area contributed by atoms with Crippen LogP contribution in [0.1, 0.15) is 22.0 Å². The first-order chi connectivity index (χ1) is 16.2. The van der Waals surface area contributed by atoms with Crippen molar-refractivity contribution in [3.05, 3.63) is 90.0 Å². The lowest BCUT2D eigenvalue weighted by Gasteiger charge is -2.19. The van der Waals surface area contributed by atoms with E-state index in [0.717, 1.165) is 15.9 Å². The van der Waals surface area contributed by atoms with E-state index in [9.17, 15) is 9.59 Å². The highest BCUT2D eigenvalue weighted by atomic mass is 32.1. The summed E-state index contributed by atoms with van der Waals surface area (Å²) in [6, 6.07) is 23.1. The Bertz CT molecular complexity index is 1230. The Morgan fingerprint density at radius 1 is 0.939 bits per heavy atom. The summed E-state index contributed by atoms with van der Waals surface area (Å²) in [4.78, 5) is 25.8. The minimum Gasteiger partial charge on any atom is -0.497 e. The number of hydrogen-bond acceptors (Lipinski definition) is 6. The van der Waals surface area contributed by atoms with E-state index in [1.165, 1.54) is 11.5 Å². The molecular weight excluding hydrogens is 436 g/mol. The average molecular weight is 461 g/mol. The molecule has 168 valence electrons. The van der Waals surface area contributed by atoms with Gasteiger partial charge >= 0.3 is 0 Å². The minimum absolute atomic E-state index is 0.284. The molecule has 4 rings (SSSR count). The molecule has 0 radical (unpaired) electrons. The van der Waals surface area contributed by atoms with Crippen molar-refractivity contribution in [1.29, 1.82) is 0 Å². The van der Waals surface area contributed by atoms with Crippen LogP contribution in [0.3, 0.4) is 0 Å². The van der Waals surface area contributed by atoms with Gasteiger partial charge in [-0.3, -0.25) is 9.59 Å². The zero-order chi connectivity index (χ0) is 23.0. The molecule has 0 saturated heterocycles. The molecule has 0 aliphatic rings. The summed E-state index contributed by atoms with van der Waals surface area (Å²) in [6.45, 7) is 0.889. The molecule has 1 heterocycles. The van der Waals surface area contributed by atoms with Gasteiger partial charge in [0.1, 0.15) is 17.6 Å². The van der Waals surface area contributed by atoms with E-state index in [2.05, 4.69) is 20.3 Å². The molecule has 0 saturated carbocycles. The first kappa shape index (κ1) is 22.3. The summed E-state index contributed by atoms with van der Waals surface area (Å²) in [7, 11) is 1.57. The molecule has 0 spiro atoms. The maximum absolute atomic E-state index is 13.0.